The van der Waals surface area contributed by atoms with Crippen molar-refractivity contribution in [1.29, 1.82) is 0 Å². The second-order valence-corrected chi connectivity index (χ2v) is 0.499. The number of rotatable bonds is 1. The van der Waals surface area contributed by atoms with Gasteiger partial charge in [0.2, 0.25) is 0 Å². The van der Waals surface area contributed by atoms with Crippen molar-refractivity contribution in [2.75, 3.05) is 6.54 Å². The van der Waals surface area contributed by atoms with Crippen LogP contribution < -0.4 is 0 Å². The summed E-state index contributed by atoms with van der Waals surface area (Å²) in [5.74, 6) is 0. The number of hydrogen-bond donors (Lipinski definition) is 0. The van der Waals surface area contributed by atoms with E-state index in [9.17, 15) is 0 Å². The van der Waals surface area contributed by atoms with E-state index in [1.807, 2.05) is 6.92 Å². The van der Waals surface area contributed by atoms with Gasteiger partial charge in [-0.2, -0.15) is 0 Å². The van der Waals surface area contributed by atoms with E-state index >= 15 is 0 Å². The summed E-state index contributed by atoms with van der Waals surface area (Å²) in [6.45, 7) is 2.61. The van der Waals surface area contributed by atoms with E-state index in [1.165, 1.54) is 0 Å². The molecule has 0 heterocycles. The Morgan fingerprint density at radius 1 is 2.00 bits per heavy atom. The molecule has 0 N–H and O–H groups in total. The molecule has 0 amide bonds. The Bertz CT molecular complexity index is 20.0. The molecule has 0 spiro atoms. The molecule has 0 aliphatic heterocycles. The van der Waals surface area contributed by atoms with Crippen LogP contribution in [0, 0.1) is 0 Å². The maximum atomic E-state index is 4.65. The van der Waals surface area contributed by atoms with Crippen molar-refractivity contribution in [2.24, 2.45) is 4.90 Å². The monoisotopic (exact) mass is 54.1 g/mol. The van der Waals surface area contributed by atoms with E-state index in [1.54, 1.807) is 0 Å². The molecule has 0 saturated heterocycles. The standard InChI is InChI=1S/C2H5BN/c1-2-4-3/h2H2,1H3. The zero-order chi connectivity index (χ0) is 3.41. The SMILES string of the molecule is [B]=NCC. The molecule has 0 aliphatic rings. The van der Waals surface area contributed by atoms with E-state index in [2.05, 4.69) is 12.5 Å². The van der Waals surface area contributed by atoms with Crippen LogP contribution in [-0.2, 0) is 0 Å². The van der Waals surface area contributed by atoms with Crippen LogP contribution in [0.4, 0.5) is 0 Å². The third-order valence-corrected chi connectivity index (χ3v) is 0.183. The molecule has 0 saturated carbocycles. The zero-order valence-corrected chi connectivity index (χ0v) is 2.73. The summed E-state index contributed by atoms with van der Waals surface area (Å²) in [6.07, 6.45) is 0. The quantitative estimate of drug-likeness (QED) is 0.383. The second-order valence-electron chi connectivity index (χ2n) is 0.499. The first-order valence-electron chi connectivity index (χ1n) is 1.28. The van der Waals surface area contributed by atoms with Gasteiger partial charge in [0.1, 0.15) is 0 Å². The van der Waals surface area contributed by atoms with Gasteiger partial charge in [0.05, 0.1) is 0 Å². The fraction of sp³-hybridized carbons (Fsp3) is 1.00. The zero-order valence-electron chi connectivity index (χ0n) is 2.73. The first-order chi connectivity index (χ1) is 1.91. The summed E-state index contributed by atoms with van der Waals surface area (Å²) in [5.41, 5.74) is 0. The molecule has 0 unspecified atom stereocenters. The van der Waals surface area contributed by atoms with Gasteiger partial charge < -0.3 is 0 Å². The van der Waals surface area contributed by atoms with Gasteiger partial charge in [-0.05, 0) is 0 Å². The summed E-state index contributed by atoms with van der Waals surface area (Å²) < 4.78 is 0. The van der Waals surface area contributed by atoms with E-state index in [-0.39, 0.29) is 0 Å². The molecule has 0 aromatic carbocycles. The minimum absolute atomic E-state index is 0.722. The van der Waals surface area contributed by atoms with E-state index in [4.69, 9.17) is 0 Å². The molecular formula is C2H5BN. The number of hydrogen-bond acceptors (Lipinski definition) is 1. The molecule has 0 fully saturated rings. The summed E-state index contributed by atoms with van der Waals surface area (Å²) in [5, 5.41) is 0. The summed E-state index contributed by atoms with van der Waals surface area (Å²) in [6, 6.07) is 0. The average molecular weight is 53.9 g/mol. The molecule has 0 aliphatic carbocycles. The molecule has 1 radical (unpaired) electrons. The van der Waals surface area contributed by atoms with Crippen LogP contribution in [0.3, 0.4) is 0 Å². The van der Waals surface area contributed by atoms with Gasteiger partial charge >= 0.3 is 26.0 Å². The van der Waals surface area contributed by atoms with Gasteiger partial charge in [-0.15, -0.1) is 0 Å². The molecule has 0 atom stereocenters. The molecule has 0 rings (SSSR count). The Morgan fingerprint density at radius 3 is 2.25 bits per heavy atom. The van der Waals surface area contributed by atoms with Crippen molar-refractivity contribution < 1.29 is 0 Å². The number of nitrogens with zero attached hydrogens (tertiary/aromatic N) is 1. The van der Waals surface area contributed by atoms with Crippen molar-refractivity contribution in [3.05, 3.63) is 0 Å². The summed E-state index contributed by atoms with van der Waals surface area (Å²) in [4.78, 5) is 3.24. The minimum atomic E-state index is 0.722. The second kappa shape index (κ2) is 2.86. The molecule has 1 nitrogen and oxygen atoms in total. The Kier molecular flexibility index (Phi) is 2.77. The first kappa shape index (κ1) is 3.86. The van der Waals surface area contributed by atoms with Crippen LogP contribution in [0.1, 0.15) is 6.92 Å². The Balaban J connectivity index is 2.30. The van der Waals surface area contributed by atoms with Crippen molar-refractivity contribution in [1.82, 2.24) is 0 Å². The van der Waals surface area contributed by atoms with Crippen molar-refractivity contribution in [2.45, 2.75) is 6.92 Å². The normalized spacial score (nSPS) is 6.00. The predicted octanol–water partition coefficient (Wildman–Crippen LogP) is 0.358. The summed E-state index contributed by atoms with van der Waals surface area (Å²) >= 11 is 0. The fourth-order valence-corrected chi connectivity index (χ4v) is 0. The molecule has 0 aromatic rings. The third kappa shape index (κ3) is 1.86. The molecule has 0 bridgehead atoms. The van der Waals surface area contributed by atoms with Crippen LogP contribution >= 0.6 is 0 Å². The van der Waals surface area contributed by atoms with Gasteiger partial charge in [0.25, 0.3) is 0 Å². The topological polar surface area (TPSA) is 12.4 Å². The van der Waals surface area contributed by atoms with E-state index in [0.29, 0.717) is 0 Å². The Labute approximate surface area is 27.2 Å². The van der Waals surface area contributed by atoms with Crippen LogP contribution in [0.2, 0.25) is 0 Å². The van der Waals surface area contributed by atoms with Crippen LogP contribution in [0.25, 0.3) is 0 Å². The van der Waals surface area contributed by atoms with Crippen LogP contribution in [-0.4, -0.2) is 14.2 Å². The van der Waals surface area contributed by atoms with E-state index in [0.717, 1.165) is 6.54 Å². The maximum absolute atomic E-state index is 4.65. The van der Waals surface area contributed by atoms with Gasteiger partial charge in [-0.25, -0.2) is 0 Å². The molecular weight excluding hydrogens is 48.8 g/mol. The predicted molar refractivity (Wildman–Crippen MR) is 18.7 cm³/mol. The Hall–Kier alpha value is -0.135. The van der Waals surface area contributed by atoms with Crippen molar-refractivity contribution >= 4 is 7.64 Å². The Morgan fingerprint density at radius 2 is 2.25 bits per heavy atom. The van der Waals surface area contributed by atoms with Crippen molar-refractivity contribution in [3.63, 3.8) is 0 Å². The van der Waals surface area contributed by atoms with E-state index < -0.39 is 0 Å². The molecule has 0 aromatic heterocycles. The van der Waals surface area contributed by atoms with Gasteiger partial charge in [-0.1, -0.05) is 0 Å². The molecule has 21 valence electrons. The summed E-state index contributed by atoms with van der Waals surface area (Å²) in [7, 11) is 4.65. The van der Waals surface area contributed by atoms with Gasteiger partial charge in [0.15, 0.2) is 0 Å². The van der Waals surface area contributed by atoms with Crippen molar-refractivity contribution in [3.8, 4) is 0 Å². The molecule has 4 heavy (non-hydrogen) atoms. The fourth-order valence-electron chi connectivity index (χ4n) is 0. The van der Waals surface area contributed by atoms with Gasteiger partial charge in [-0.3, -0.25) is 0 Å². The first-order valence-corrected chi connectivity index (χ1v) is 1.28. The molecule has 2 heteroatoms. The van der Waals surface area contributed by atoms with Gasteiger partial charge in [0, 0.05) is 0 Å². The average Bonchev–Trinajstić information content (AvgIpc) is 1.37. The van der Waals surface area contributed by atoms with Crippen LogP contribution in [0.15, 0.2) is 4.90 Å². The van der Waals surface area contributed by atoms with Crippen LogP contribution in [0.5, 0.6) is 0 Å². The third-order valence-electron chi connectivity index (χ3n) is 0.183.